The lowest BCUT2D eigenvalue weighted by Gasteiger charge is -2.26. The van der Waals surface area contributed by atoms with Crippen LogP contribution < -0.4 is 14.4 Å². The summed E-state index contributed by atoms with van der Waals surface area (Å²) in [6.45, 7) is 23.1. The first-order chi connectivity index (χ1) is 40.2. The van der Waals surface area contributed by atoms with Crippen LogP contribution in [-0.2, 0) is 15.0 Å². The van der Waals surface area contributed by atoms with Crippen LogP contribution in [0.25, 0.3) is 65.5 Å². The second-order valence-corrected chi connectivity index (χ2v) is 23.2. The third-order valence-corrected chi connectivity index (χ3v) is 16.1. The smallest absolute Gasteiger partial charge is 0.314 e. The van der Waals surface area contributed by atoms with Crippen LogP contribution in [0.4, 0.5) is 22.7 Å². The van der Waals surface area contributed by atoms with Crippen molar-refractivity contribution in [2.45, 2.75) is 137 Å². The predicted molar refractivity (Wildman–Crippen MR) is 387 cm³/mol. The van der Waals surface area contributed by atoms with Crippen molar-refractivity contribution in [2.24, 2.45) is 11.8 Å². The molecule has 468 valence electrons. The minimum absolute atomic E-state index is 0. The van der Waals surface area contributed by atoms with Crippen LogP contribution in [0.1, 0.15) is 140 Å². The Hall–Kier alpha value is -9.58. The van der Waals surface area contributed by atoms with Crippen LogP contribution in [0.3, 0.4) is 0 Å². The number of anilines is 3. The monoisotopic (exact) mass is 1200 g/mol. The van der Waals surface area contributed by atoms with E-state index in [4.69, 9.17) is 21.0 Å². The summed E-state index contributed by atoms with van der Waals surface area (Å²) in [5.41, 5.74) is 14.9. The molecule has 9 aromatic carbocycles. The standard InChI is InChI=1S/C75H68N4O4.7CH4/c1-9-52(53-24-29-59(30-25-53)75(5,6)7)44-58(42-51(4)43-73(80)82-65-39-40-68(70(47-65)76-8)69-41-36-63(48-77-69)79-71-16-12-10-14-66(71)67-15-11-13-17-72(67)79)74(81)83-64-37-27-54(28-38-64)55-22-23-57-46-62(35-26-56(57)45-55)78(60-31-18-49(2)19-32-60)61-33-20-50(3)21-34-61;;;;;;;/h10-41,45-48,51-52,58H,9,42-44H2,1-7H3;7*1H4. The molecule has 11 aromatic rings. The first-order valence-corrected chi connectivity index (χ1v) is 28.8. The average molecular weight is 1200 g/mol. The number of esters is 2. The largest absolute Gasteiger partial charge is 0.428 e. The maximum Gasteiger partial charge on any atom is 0.314 e. The van der Waals surface area contributed by atoms with Crippen molar-refractivity contribution < 1.29 is 19.1 Å². The number of hydrogen-bond donors (Lipinski definition) is 0. The normalized spacial score (nSPS) is 11.7. The van der Waals surface area contributed by atoms with Gasteiger partial charge in [0.2, 0.25) is 0 Å². The molecule has 11 rings (SSSR count). The molecule has 0 spiro atoms. The first kappa shape index (κ1) is 72.9. The number of rotatable bonds is 17. The molecule has 0 amide bonds. The molecule has 0 saturated carbocycles. The molecule has 0 aliphatic carbocycles. The van der Waals surface area contributed by atoms with Gasteiger partial charge in [0.25, 0.3) is 0 Å². The van der Waals surface area contributed by atoms with Crippen LogP contribution in [0.5, 0.6) is 11.5 Å². The molecule has 90 heavy (non-hydrogen) atoms. The lowest BCUT2D eigenvalue weighted by atomic mass is 9.81. The highest BCUT2D eigenvalue weighted by Gasteiger charge is 2.29. The fraction of sp³-hybridized carbons (Fsp3) is 0.268. The summed E-state index contributed by atoms with van der Waals surface area (Å²) in [5.74, 6) is -0.677. The molecular weight excluding hydrogens is 1100 g/mol. The van der Waals surface area contributed by atoms with Gasteiger partial charge in [0.1, 0.15) is 11.5 Å². The van der Waals surface area contributed by atoms with E-state index < -0.39 is 11.9 Å². The van der Waals surface area contributed by atoms with Crippen molar-refractivity contribution in [1.82, 2.24) is 9.55 Å². The second kappa shape index (κ2) is 31.6. The zero-order chi connectivity index (χ0) is 57.8. The number of hydrogen-bond acceptors (Lipinski definition) is 6. The van der Waals surface area contributed by atoms with Crippen LogP contribution in [0.2, 0.25) is 0 Å². The molecule has 8 heteroatoms. The van der Waals surface area contributed by atoms with Gasteiger partial charge >= 0.3 is 11.9 Å². The zero-order valence-electron chi connectivity index (χ0n) is 48.3. The molecule has 0 aliphatic rings. The van der Waals surface area contributed by atoms with Crippen LogP contribution in [0, 0.1) is 32.3 Å². The van der Waals surface area contributed by atoms with E-state index in [9.17, 15) is 9.59 Å². The number of pyridine rings is 1. The summed E-state index contributed by atoms with van der Waals surface area (Å²) in [6, 6.07) is 72.5. The summed E-state index contributed by atoms with van der Waals surface area (Å²) in [7, 11) is 0. The van der Waals surface area contributed by atoms with E-state index in [-0.39, 0.29) is 87.4 Å². The highest BCUT2D eigenvalue weighted by atomic mass is 16.5. The van der Waals surface area contributed by atoms with Crippen LogP contribution in [0.15, 0.2) is 219 Å². The van der Waals surface area contributed by atoms with Gasteiger partial charge in [0.05, 0.1) is 41.1 Å². The zero-order valence-corrected chi connectivity index (χ0v) is 48.3. The molecule has 0 fully saturated rings. The van der Waals surface area contributed by atoms with E-state index >= 15 is 0 Å². The van der Waals surface area contributed by atoms with Crippen molar-refractivity contribution in [3.8, 4) is 39.6 Å². The van der Waals surface area contributed by atoms with E-state index in [1.165, 1.54) is 33.0 Å². The maximum atomic E-state index is 14.5. The predicted octanol–water partition coefficient (Wildman–Crippen LogP) is 24.2. The van der Waals surface area contributed by atoms with Crippen molar-refractivity contribution in [3.05, 3.63) is 252 Å². The molecule has 2 heterocycles. The molecule has 0 N–H and O–H groups in total. The van der Waals surface area contributed by atoms with Gasteiger partial charge in [-0.3, -0.25) is 14.6 Å². The summed E-state index contributed by atoms with van der Waals surface area (Å²) in [4.78, 5) is 39.2. The Morgan fingerprint density at radius 1 is 0.578 bits per heavy atom. The minimum Gasteiger partial charge on any atom is -0.428 e. The fourth-order valence-corrected chi connectivity index (χ4v) is 11.5. The highest BCUT2D eigenvalue weighted by molar-refractivity contribution is 6.09. The van der Waals surface area contributed by atoms with Gasteiger partial charge in [-0.1, -0.05) is 219 Å². The summed E-state index contributed by atoms with van der Waals surface area (Å²) in [6.07, 6.45) is 3.70. The number of para-hydroxylation sites is 2. The Kier molecular flexibility index (Phi) is 25.6. The summed E-state index contributed by atoms with van der Waals surface area (Å²) < 4.78 is 14.4. The van der Waals surface area contributed by atoms with Crippen LogP contribution in [-0.4, -0.2) is 21.5 Å². The van der Waals surface area contributed by atoms with Crippen molar-refractivity contribution in [3.63, 3.8) is 0 Å². The van der Waals surface area contributed by atoms with Crippen molar-refractivity contribution >= 4 is 67.3 Å². The minimum atomic E-state index is -0.509. The topological polar surface area (TPSA) is 78.0 Å². The average Bonchev–Trinajstić information content (AvgIpc) is 1.58. The number of fused-ring (bicyclic) bond motifs is 4. The number of nitrogens with zero attached hydrogens (tertiary/aromatic N) is 4. The molecule has 3 atom stereocenters. The third kappa shape index (κ3) is 16.0. The number of ether oxygens (including phenoxy) is 2. The Labute approximate surface area is 539 Å². The molecule has 2 aromatic heterocycles. The lowest BCUT2D eigenvalue weighted by molar-refractivity contribution is -0.141. The van der Waals surface area contributed by atoms with E-state index in [2.05, 4.69) is 201 Å². The molecule has 0 saturated heterocycles. The fourth-order valence-electron chi connectivity index (χ4n) is 11.5. The van der Waals surface area contributed by atoms with Gasteiger partial charge in [-0.2, -0.15) is 0 Å². The Balaban J connectivity index is 0.00000247. The summed E-state index contributed by atoms with van der Waals surface area (Å²) in [5, 5.41) is 4.57. The van der Waals surface area contributed by atoms with E-state index in [1.807, 2.05) is 61.7 Å². The van der Waals surface area contributed by atoms with Gasteiger partial charge in [-0.25, -0.2) is 4.85 Å². The summed E-state index contributed by atoms with van der Waals surface area (Å²) >= 11 is 0. The quantitative estimate of drug-likeness (QED) is 0.0514. The second-order valence-electron chi connectivity index (χ2n) is 23.2. The van der Waals surface area contributed by atoms with E-state index in [1.54, 1.807) is 18.2 Å². The van der Waals surface area contributed by atoms with E-state index in [0.29, 0.717) is 35.5 Å². The number of aryl methyl sites for hydroxylation is 2. The molecule has 8 nitrogen and oxygen atoms in total. The molecule has 0 radical (unpaired) electrons. The molecule has 3 unspecified atom stereocenters. The first-order valence-electron chi connectivity index (χ1n) is 28.8. The van der Waals surface area contributed by atoms with Crippen molar-refractivity contribution in [1.29, 1.82) is 0 Å². The number of aromatic nitrogens is 2. The number of carbonyl (C=O) groups excluding carboxylic acids is 2. The molecular formula is C82H96N4O4. The Morgan fingerprint density at radius 3 is 1.68 bits per heavy atom. The van der Waals surface area contributed by atoms with Crippen molar-refractivity contribution in [2.75, 3.05) is 4.90 Å². The van der Waals surface area contributed by atoms with E-state index in [0.717, 1.165) is 62.1 Å². The third-order valence-electron chi connectivity index (χ3n) is 16.1. The maximum absolute atomic E-state index is 14.5. The Morgan fingerprint density at radius 2 is 1.12 bits per heavy atom. The number of benzene rings is 9. The van der Waals surface area contributed by atoms with Gasteiger partial charge in [-0.05, 0) is 174 Å². The number of carbonyl (C=O) groups is 2. The molecule has 0 bridgehead atoms. The van der Waals surface area contributed by atoms with Crippen LogP contribution >= 0.6 is 0 Å². The molecule has 0 aliphatic heterocycles. The van der Waals surface area contributed by atoms with Gasteiger partial charge < -0.3 is 18.9 Å². The lowest BCUT2D eigenvalue weighted by Crippen LogP contribution is -2.26. The van der Waals surface area contributed by atoms with Gasteiger partial charge in [0, 0.05) is 39.8 Å². The SMILES string of the molecule is C.C.C.C.C.C.C.[C-]#[N+]c1cc(OC(=O)CC(C)CC(CC(CC)c2ccc(C(C)(C)C)cc2)C(=O)Oc2ccc(-c3ccc4cc(N(c5ccc(C)cc5)c5ccc(C)cc5)ccc4c3)cc2)ccc1-c1ccc(-n2c3ccccc3c3ccccc32)cn1. The Bertz CT molecular complexity index is 4070. The van der Waals surface area contributed by atoms with Gasteiger partial charge in [-0.15, -0.1) is 0 Å². The highest BCUT2D eigenvalue weighted by Crippen LogP contribution is 2.40. The van der Waals surface area contributed by atoms with Gasteiger partial charge in [0.15, 0.2) is 5.69 Å².